The minimum absolute atomic E-state index is 0.134. The Morgan fingerprint density at radius 1 is 1.05 bits per heavy atom. The lowest BCUT2D eigenvalue weighted by atomic mass is 9.88. The maximum absolute atomic E-state index is 12.4. The van der Waals surface area contributed by atoms with E-state index in [-0.39, 0.29) is 11.9 Å². The van der Waals surface area contributed by atoms with Gasteiger partial charge >= 0.3 is 5.97 Å². The topological polar surface area (TPSA) is 26.3 Å². The van der Waals surface area contributed by atoms with Gasteiger partial charge in [-0.15, -0.1) is 0 Å². The van der Waals surface area contributed by atoms with Gasteiger partial charge in [-0.1, -0.05) is 56.7 Å². The molecule has 2 aromatic carbocycles. The van der Waals surface area contributed by atoms with Crippen LogP contribution in [0.25, 0.3) is 0 Å². The molecule has 0 radical (unpaired) electrons. The molecule has 22 heavy (non-hydrogen) atoms. The zero-order chi connectivity index (χ0) is 15.5. The van der Waals surface area contributed by atoms with Crippen molar-refractivity contribution in [3.8, 4) is 5.75 Å². The van der Waals surface area contributed by atoms with Crippen LogP contribution in [0.5, 0.6) is 5.75 Å². The molecule has 0 aromatic heterocycles. The first-order valence-corrected chi connectivity index (χ1v) is 8.13. The number of hydrogen-bond donors (Lipinski definition) is 0. The molecule has 0 aliphatic carbocycles. The molecule has 1 atom stereocenters. The van der Waals surface area contributed by atoms with Gasteiger partial charge in [0, 0.05) is 0 Å². The summed E-state index contributed by atoms with van der Waals surface area (Å²) >= 11 is 0. The van der Waals surface area contributed by atoms with Gasteiger partial charge in [-0.3, -0.25) is 4.79 Å². The fraction of sp³-hybridized carbons (Fsp3) is 0.350. The SMILES string of the molecule is CCCc1ccc2c(c1)OC(=O)C(c1ccc(CC)cc1)C2. The predicted octanol–water partition coefficient (Wildman–Crippen LogP) is 4.45. The standard InChI is InChI=1S/C20H22O2/c1-3-5-15-8-11-17-13-18(20(21)22-19(17)12-15)16-9-6-14(4-2)7-10-16/h6-12,18H,3-5,13H2,1-2H3. The van der Waals surface area contributed by atoms with Crippen LogP contribution >= 0.6 is 0 Å². The van der Waals surface area contributed by atoms with E-state index in [1.54, 1.807) is 0 Å². The predicted molar refractivity (Wildman–Crippen MR) is 88.3 cm³/mol. The van der Waals surface area contributed by atoms with Crippen molar-refractivity contribution < 1.29 is 9.53 Å². The third kappa shape index (κ3) is 2.92. The summed E-state index contributed by atoms with van der Waals surface area (Å²) in [6.45, 7) is 4.29. The van der Waals surface area contributed by atoms with E-state index in [0.717, 1.165) is 42.6 Å². The number of esters is 1. The Balaban J connectivity index is 1.85. The zero-order valence-corrected chi connectivity index (χ0v) is 13.3. The highest BCUT2D eigenvalue weighted by Crippen LogP contribution is 2.34. The van der Waals surface area contributed by atoms with Crippen LogP contribution in [0.1, 0.15) is 48.4 Å². The van der Waals surface area contributed by atoms with Crippen LogP contribution < -0.4 is 4.74 Å². The van der Waals surface area contributed by atoms with Crippen molar-refractivity contribution in [2.24, 2.45) is 0 Å². The number of benzene rings is 2. The van der Waals surface area contributed by atoms with Gasteiger partial charge in [-0.05, 0) is 47.6 Å². The van der Waals surface area contributed by atoms with Crippen molar-refractivity contribution in [3.63, 3.8) is 0 Å². The lowest BCUT2D eigenvalue weighted by Gasteiger charge is -2.24. The maximum atomic E-state index is 12.4. The summed E-state index contributed by atoms with van der Waals surface area (Å²) in [6.07, 6.45) is 3.86. The van der Waals surface area contributed by atoms with E-state index >= 15 is 0 Å². The molecule has 0 bridgehead atoms. The highest BCUT2D eigenvalue weighted by atomic mass is 16.5. The van der Waals surface area contributed by atoms with E-state index in [1.165, 1.54) is 11.1 Å². The summed E-state index contributed by atoms with van der Waals surface area (Å²) in [7, 11) is 0. The molecule has 114 valence electrons. The summed E-state index contributed by atoms with van der Waals surface area (Å²) in [6, 6.07) is 14.6. The monoisotopic (exact) mass is 294 g/mol. The van der Waals surface area contributed by atoms with Crippen LogP contribution in [-0.4, -0.2) is 5.97 Å². The molecular formula is C20H22O2. The van der Waals surface area contributed by atoms with Crippen molar-refractivity contribution >= 4 is 5.97 Å². The molecule has 3 rings (SSSR count). The van der Waals surface area contributed by atoms with Gasteiger partial charge in [0.2, 0.25) is 0 Å². The van der Waals surface area contributed by atoms with Gasteiger partial charge in [0.1, 0.15) is 5.75 Å². The normalized spacial score (nSPS) is 17.0. The highest BCUT2D eigenvalue weighted by molar-refractivity contribution is 5.83. The average molecular weight is 294 g/mol. The van der Waals surface area contributed by atoms with E-state index in [4.69, 9.17) is 4.74 Å². The molecule has 2 aromatic rings. The first-order chi connectivity index (χ1) is 10.7. The summed E-state index contributed by atoms with van der Waals surface area (Å²) in [4.78, 5) is 12.4. The third-order valence-corrected chi connectivity index (χ3v) is 4.38. The van der Waals surface area contributed by atoms with Crippen molar-refractivity contribution in [1.29, 1.82) is 0 Å². The van der Waals surface area contributed by atoms with Gasteiger partial charge in [0.05, 0.1) is 5.92 Å². The Morgan fingerprint density at radius 2 is 1.77 bits per heavy atom. The molecule has 0 spiro atoms. The van der Waals surface area contributed by atoms with E-state index in [1.807, 2.05) is 6.07 Å². The lowest BCUT2D eigenvalue weighted by molar-refractivity contribution is -0.137. The van der Waals surface area contributed by atoms with Crippen molar-refractivity contribution in [2.45, 2.75) is 45.4 Å². The van der Waals surface area contributed by atoms with Crippen LogP contribution in [0.3, 0.4) is 0 Å². The van der Waals surface area contributed by atoms with Gasteiger partial charge in [-0.2, -0.15) is 0 Å². The Morgan fingerprint density at radius 3 is 2.45 bits per heavy atom. The summed E-state index contributed by atoms with van der Waals surface area (Å²) in [5, 5.41) is 0. The molecule has 1 unspecified atom stereocenters. The minimum Gasteiger partial charge on any atom is -0.426 e. The van der Waals surface area contributed by atoms with Crippen LogP contribution in [0.15, 0.2) is 42.5 Å². The molecule has 2 heteroatoms. The molecule has 1 heterocycles. The molecule has 0 amide bonds. The smallest absolute Gasteiger partial charge is 0.319 e. The van der Waals surface area contributed by atoms with E-state index in [2.05, 4.69) is 50.2 Å². The Labute approximate surface area is 132 Å². The second kappa shape index (κ2) is 6.35. The molecule has 0 saturated carbocycles. The van der Waals surface area contributed by atoms with E-state index in [9.17, 15) is 4.79 Å². The molecule has 0 fully saturated rings. The maximum Gasteiger partial charge on any atom is 0.319 e. The molecule has 0 N–H and O–H groups in total. The van der Waals surface area contributed by atoms with Gasteiger partial charge in [0.25, 0.3) is 0 Å². The van der Waals surface area contributed by atoms with Gasteiger partial charge in [0.15, 0.2) is 0 Å². The molecule has 0 saturated heterocycles. The number of ether oxygens (including phenoxy) is 1. The molecule has 1 aliphatic rings. The van der Waals surface area contributed by atoms with Crippen molar-refractivity contribution in [1.82, 2.24) is 0 Å². The van der Waals surface area contributed by atoms with Gasteiger partial charge < -0.3 is 4.74 Å². The third-order valence-electron chi connectivity index (χ3n) is 4.38. The number of hydrogen-bond acceptors (Lipinski definition) is 2. The van der Waals surface area contributed by atoms with Crippen LogP contribution in [0.2, 0.25) is 0 Å². The quantitative estimate of drug-likeness (QED) is 0.615. The number of rotatable bonds is 4. The first-order valence-electron chi connectivity index (χ1n) is 8.13. The molecule has 1 aliphatic heterocycles. The van der Waals surface area contributed by atoms with Crippen LogP contribution in [-0.2, 0) is 24.1 Å². The van der Waals surface area contributed by atoms with E-state index < -0.39 is 0 Å². The number of fused-ring (bicyclic) bond motifs is 1. The van der Waals surface area contributed by atoms with Crippen LogP contribution in [0, 0.1) is 0 Å². The van der Waals surface area contributed by atoms with Crippen molar-refractivity contribution in [2.75, 3.05) is 0 Å². The van der Waals surface area contributed by atoms with Crippen molar-refractivity contribution in [3.05, 3.63) is 64.7 Å². The zero-order valence-electron chi connectivity index (χ0n) is 13.3. The Kier molecular flexibility index (Phi) is 4.28. The average Bonchev–Trinajstić information content (AvgIpc) is 2.54. The fourth-order valence-corrected chi connectivity index (χ4v) is 3.03. The fourth-order valence-electron chi connectivity index (χ4n) is 3.03. The number of carbonyl (C=O) groups excluding carboxylic acids is 1. The van der Waals surface area contributed by atoms with Crippen LogP contribution in [0.4, 0.5) is 0 Å². The highest BCUT2D eigenvalue weighted by Gasteiger charge is 2.29. The van der Waals surface area contributed by atoms with E-state index in [0.29, 0.717) is 0 Å². The Bertz CT molecular complexity index is 671. The molecular weight excluding hydrogens is 272 g/mol. The Hall–Kier alpha value is -2.09. The largest absolute Gasteiger partial charge is 0.426 e. The lowest BCUT2D eigenvalue weighted by Crippen LogP contribution is -2.26. The summed E-state index contributed by atoms with van der Waals surface area (Å²) in [5.74, 6) is 0.429. The second-order valence-corrected chi connectivity index (χ2v) is 5.97. The summed E-state index contributed by atoms with van der Waals surface area (Å²) in [5.41, 5.74) is 4.70. The first kappa shape index (κ1) is 14.8. The second-order valence-electron chi connectivity index (χ2n) is 5.97. The number of aryl methyl sites for hydroxylation is 2. The summed E-state index contributed by atoms with van der Waals surface area (Å²) < 4.78 is 5.60. The minimum atomic E-state index is -0.185. The number of carbonyl (C=O) groups is 1. The van der Waals surface area contributed by atoms with Gasteiger partial charge in [-0.25, -0.2) is 0 Å². The molecule has 2 nitrogen and oxygen atoms in total.